The van der Waals surface area contributed by atoms with E-state index in [9.17, 15) is 0 Å². The number of halogens is 1. The molecule has 1 N–H and O–H groups in total. The minimum Gasteiger partial charge on any atom is -0.461 e. The molecule has 1 aliphatic rings. The Balaban J connectivity index is 0.00000133. The zero-order valence-corrected chi connectivity index (χ0v) is 11.7. The van der Waals surface area contributed by atoms with Gasteiger partial charge in [0, 0.05) is 38.3 Å². The second-order valence-corrected chi connectivity index (χ2v) is 4.68. The fourth-order valence-electron chi connectivity index (χ4n) is 2.25. The van der Waals surface area contributed by atoms with Crippen molar-refractivity contribution in [3.8, 4) is 11.5 Å². The van der Waals surface area contributed by atoms with Crippen molar-refractivity contribution < 1.29 is 8.94 Å². The van der Waals surface area contributed by atoms with Crippen molar-refractivity contribution in [1.29, 1.82) is 0 Å². The molecule has 2 aromatic heterocycles. The Morgan fingerprint density at radius 1 is 1.47 bits per heavy atom. The molecule has 6 heteroatoms. The molecule has 1 atom stereocenters. The van der Waals surface area contributed by atoms with Crippen molar-refractivity contribution in [3.63, 3.8) is 0 Å². The van der Waals surface area contributed by atoms with Gasteiger partial charge in [0.1, 0.15) is 0 Å². The smallest absolute Gasteiger partial charge is 0.202 e. The summed E-state index contributed by atoms with van der Waals surface area (Å²) < 4.78 is 10.6. The number of piperazine rings is 1. The maximum absolute atomic E-state index is 5.30. The van der Waals surface area contributed by atoms with Crippen LogP contribution >= 0.6 is 12.4 Å². The summed E-state index contributed by atoms with van der Waals surface area (Å²) in [5.74, 6) is 1.42. The van der Waals surface area contributed by atoms with E-state index < -0.39 is 0 Å². The molecule has 0 aromatic carbocycles. The molecule has 0 aliphatic carbocycles. The van der Waals surface area contributed by atoms with E-state index in [0.29, 0.717) is 11.8 Å². The van der Waals surface area contributed by atoms with E-state index in [-0.39, 0.29) is 12.4 Å². The Morgan fingerprint density at radius 2 is 2.37 bits per heavy atom. The molecule has 0 saturated carbocycles. The summed E-state index contributed by atoms with van der Waals surface area (Å²) in [4.78, 5) is 2.40. The lowest BCUT2D eigenvalue weighted by molar-refractivity contribution is 0.161. The highest BCUT2D eigenvalue weighted by molar-refractivity contribution is 5.85. The van der Waals surface area contributed by atoms with Gasteiger partial charge in [0.15, 0.2) is 5.76 Å². The number of hydrogen-bond acceptors (Lipinski definition) is 5. The first-order valence-corrected chi connectivity index (χ1v) is 6.27. The first kappa shape index (κ1) is 14.1. The average molecular weight is 284 g/mol. The average Bonchev–Trinajstić information content (AvgIpc) is 3.02. The van der Waals surface area contributed by atoms with E-state index in [0.717, 1.165) is 37.6 Å². The minimum absolute atomic E-state index is 0. The van der Waals surface area contributed by atoms with Crippen LogP contribution in [0.25, 0.3) is 11.5 Å². The van der Waals surface area contributed by atoms with E-state index in [1.807, 2.05) is 18.2 Å². The third kappa shape index (κ3) is 3.18. The van der Waals surface area contributed by atoms with E-state index in [1.54, 1.807) is 6.26 Å². The fraction of sp³-hybridized carbons (Fsp3) is 0.462. The second-order valence-electron chi connectivity index (χ2n) is 4.68. The van der Waals surface area contributed by atoms with Gasteiger partial charge in [0.25, 0.3) is 0 Å². The first-order valence-electron chi connectivity index (χ1n) is 6.27. The quantitative estimate of drug-likeness (QED) is 0.935. The van der Waals surface area contributed by atoms with E-state index in [2.05, 4.69) is 22.3 Å². The van der Waals surface area contributed by atoms with Crippen molar-refractivity contribution >= 4 is 12.4 Å². The van der Waals surface area contributed by atoms with Crippen molar-refractivity contribution in [1.82, 2.24) is 15.4 Å². The van der Waals surface area contributed by atoms with E-state index in [4.69, 9.17) is 8.94 Å². The lowest BCUT2D eigenvalue weighted by Gasteiger charge is -2.33. The molecule has 19 heavy (non-hydrogen) atoms. The Morgan fingerprint density at radius 3 is 3.11 bits per heavy atom. The van der Waals surface area contributed by atoms with Gasteiger partial charge in [-0.25, -0.2) is 0 Å². The van der Waals surface area contributed by atoms with Crippen LogP contribution in [0, 0.1) is 0 Å². The highest BCUT2D eigenvalue weighted by Crippen LogP contribution is 2.21. The topological polar surface area (TPSA) is 54.4 Å². The van der Waals surface area contributed by atoms with Crippen LogP contribution in [0.15, 0.2) is 33.4 Å². The predicted molar refractivity (Wildman–Crippen MR) is 74.2 cm³/mol. The third-order valence-electron chi connectivity index (χ3n) is 3.33. The summed E-state index contributed by atoms with van der Waals surface area (Å²) in [6, 6.07) is 6.20. The molecule has 0 radical (unpaired) electrons. The second kappa shape index (κ2) is 6.23. The molecule has 3 rings (SSSR count). The van der Waals surface area contributed by atoms with Crippen molar-refractivity contribution in [2.24, 2.45) is 0 Å². The monoisotopic (exact) mass is 283 g/mol. The molecule has 1 fully saturated rings. The Labute approximate surface area is 118 Å². The Bertz CT molecular complexity index is 498. The number of hydrogen-bond donors (Lipinski definition) is 1. The van der Waals surface area contributed by atoms with Gasteiger partial charge in [0.2, 0.25) is 5.76 Å². The van der Waals surface area contributed by atoms with Crippen LogP contribution in [-0.4, -0.2) is 35.7 Å². The van der Waals surface area contributed by atoms with Crippen LogP contribution in [0.4, 0.5) is 0 Å². The van der Waals surface area contributed by atoms with Gasteiger partial charge in [-0.2, -0.15) is 0 Å². The molecule has 104 valence electrons. The molecule has 1 saturated heterocycles. The summed E-state index contributed by atoms with van der Waals surface area (Å²) in [6.07, 6.45) is 1.63. The van der Waals surface area contributed by atoms with Crippen molar-refractivity contribution in [3.05, 3.63) is 30.2 Å². The minimum atomic E-state index is 0. The van der Waals surface area contributed by atoms with E-state index >= 15 is 0 Å². The van der Waals surface area contributed by atoms with Crippen LogP contribution in [0.3, 0.4) is 0 Å². The van der Waals surface area contributed by atoms with E-state index in [1.165, 1.54) is 0 Å². The van der Waals surface area contributed by atoms with Crippen LogP contribution in [0.5, 0.6) is 0 Å². The van der Waals surface area contributed by atoms with Gasteiger partial charge in [-0.15, -0.1) is 12.4 Å². The number of rotatable bonds is 3. The van der Waals surface area contributed by atoms with Gasteiger partial charge in [0.05, 0.1) is 12.0 Å². The highest BCUT2D eigenvalue weighted by atomic mass is 35.5. The molecule has 0 spiro atoms. The summed E-state index contributed by atoms with van der Waals surface area (Å²) in [7, 11) is 0. The van der Waals surface area contributed by atoms with Crippen LogP contribution in [0.1, 0.15) is 12.6 Å². The SMILES string of the molecule is CC1CNCCN1Cc1cc(-c2ccco2)on1.Cl. The maximum Gasteiger partial charge on any atom is 0.202 e. The van der Waals surface area contributed by atoms with Crippen LogP contribution in [0.2, 0.25) is 0 Å². The normalized spacial score (nSPS) is 20.2. The number of furan rings is 1. The summed E-state index contributed by atoms with van der Waals surface area (Å²) in [6.45, 7) is 6.16. The lowest BCUT2D eigenvalue weighted by Crippen LogP contribution is -2.49. The number of nitrogens with one attached hydrogen (secondary N) is 1. The zero-order valence-electron chi connectivity index (χ0n) is 10.8. The molecule has 2 aromatic rings. The summed E-state index contributed by atoms with van der Waals surface area (Å²) in [5.41, 5.74) is 0.954. The van der Waals surface area contributed by atoms with Crippen LogP contribution in [-0.2, 0) is 6.54 Å². The third-order valence-corrected chi connectivity index (χ3v) is 3.33. The fourth-order valence-corrected chi connectivity index (χ4v) is 2.25. The highest BCUT2D eigenvalue weighted by Gasteiger charge is 2.19. The van der Waals surface area contributed by atoms with Gasteiger partial charge >= 0.3 is 0 Å². The summed E-state index contributed by atoms with van der Waals surface area (Å²) in [5, 5.41) is 7.48. The van der Waals surface area contributed by atoms with Crippen molar-refractivity contribution in [2.45, 2.75) is 19.5 Å². The van der Waals surface area contributed by atoms with Crippen molar-refractivity contribution in [2.75, 3.05) is 19.6 Å². The van der Waals surface area contributed by atoms with Gasteiger partial charge in [-0.1, -0.05) is 5.16 Å². The Hall–Kier alpha value is -1.30. The molecule has 0 bridgehead atoms. The molecule has 0 amide bonds. The molecule has 5 nitrogen and oxygen atoms in total. The van der Waals surface area contributed by atoms with Gasteiger partial charge in [-0.3, -0.25) is 4.90 Å². The first-order chi connectivity index (χ1) is 8.83. The maximum atomic E-state index is 5.30. The molecule has 1 unspecified atom stereocenters. The Kier molecular flexibility index (Phi) is 4.63. The largest absolute Gasteiger partial charge is 0.461 e. The van der Waals surface area contributed by atoms with Gasteiger partial charge in [-0.05, 0) is 19.1 Å². The summed E-state index contributed by atoms with van der Waals surface area (Å²) >= 11 is 0. The lowest BCUT2D eigenvalue weighted by atomic mass is 10.2. The predicted octanol–water partition coefficient (Wildman–Crippen LogP) is 2.15. The van der Waals surface area contributed by atoms with Crippen LogP contribution < -0.4 is 5.32 Å². The zero-order chi connectivity index (χ0) is 12.4. The standard InChI is InChI=1S/C13H17N3O2.ClH/c1-10-8-14-4-5-16(10)9-11-7-13(18-15-11)12-3-2-6-17-12;/h2-3,6-7,10,14H,4-5,8-9H2,1H3;1H. The number of aromatic nitrogens is 1. The molecular formula is C13H18ClN3O2. The molecule has 3 heterocycles. The van der Waals surface area contributed by atoms with Gasteiger partial charge < -0.3 is 14.3 Å². The molecule has 1 aliphatic heterocycles. The number of nitrogens with zero attached hydrogens (tertiary/aromatic N) is 2. The molecular weight excluding hydrogens is 266 g/mol.